The number of β-amino-alcohol motifs (C(OH)–C–C–N with tert-alkyl or cyclic N) is 1. The van der Waals surface area contributed by atoms with Gasteiger partial charge in [0.1, 0.15) is 29.2 Å². The minimum atomic E-state index is -0.704. The standard InChI is InChI=1S/C25H29N7O3/c1-17-12-19(14-27-22(17)13-26)31-18(2)32(25(23(31)34)6-3-7-25)20-15-28-24(29-16-20)35-21-4-8-30(9-5-21)10-11-33/h12,14-16,21,33H,2-11H2,1H3. The molecule has 2 aromatic heterocycles. The van der Waals surface area contributed by atoms with Crippen LogP contribution in [0.2, 0.25) is 0 Å². The maximum absolute atomic E-state index is 13.6. The fourth-order valence-electron chi connectivity index (χ4n) is 5.21. The van der Waals surface area contributed by atoms with Crippen LogP contribution in [0, 0.1) is 18.3 Å². The van der Waals surface area contributed by atoms with Crippen LogP contribution in [-0.4, -0.2) is 68.7 Å². The van der Waals surface area contributed by atoms with Crippen LogP contribution in [0.25, 0.3) is 0 Å². The molecule has 5 rings (SSSR count). The number of likely N-dealkylation sites (tertiary alicyclic amines) is 1. The molecule has 10 nitrogen and oxygen atoms in total. The molecule has 1 aliphatic carbocycles. The zero-order chi connectivity index (χ0) is 24.6. The lowest BCUT2D eigenvalue weighted by atomic mass is 9.75. The van der Waals surface area contributed by atoms with E-state index in [1.165, 1.54) is 0 Å². The molecule has 3 fully saturated rings. The Balaban J connectivity index is 1.34. The van der Waals surface area contributed by atoms with Crippen molar-refractivity contribution in [2.75, 3.05) is 36.0 Å². The van der Waals surface area contributed by atoms with Gasteiger partial charge in [0.05, 0.1) is 36.6 Å². The van der Waals surface area contributed by atoms with Gasteiger partial charge in [-0.05, 0) is 50.7 Å². The lowest BCUT2D eigenvalue weighted by Gasteiger charge is -2.43. The SMILES string of the molecule is C=C1N(c2cnc(C#N)c(C)c2)C(=O)C2(CCC2)N1c1cnc(OC2CCN(CCO)CC2)nc1. The number of rotatable bonds is 6. The topological polar surface area (TPSA) is 119 Å². The molecule has 10 heteroatoms. The number of ether oxygens (including phenoxy) is 1. The number of hydrogen-bond donors (Lipinski definition) is 1. The first kappa shape index (κ1) is 23.2. The fourth-order valence-corrected chi connectivity index (χ4v) is 5.21. The molecule has 2 aliphatic heterocycles. The van der Waals surface area contributed by atoms with Gasteiger partial charge in [-0.15, -0.1) is 0 Å². The third-order valence-corrected chi connectivity index (χ3v) is 7.25. The third-order valence-electron chi connectivity index (χ3n) is 7.25. The number of anilines is 2. The average molecular weight is 476 g/mol. The van der Waals surface area contributed by atoms with Gasteiger partial charge in [-0.3, -0.25) is 9.69 Å². The Morgan fingerprint density at radius 1 is 1.20 bits per heavy atom. The van der Waals surface area contributed by atoms with E-state index in [9.17, 15) is 10.1 Å². The van der Waals surface area contributed by atoms with Gasteiger partial charge in [0.2, 0.25) is 0 Å². The summed E-state index contributed by atoms with van der Waals surface area (Å²) in [5.74, 6) is 0.476. The second-order valence-corrected chi connectivity index (χ2v) is 9.35. The number of nitrogens with zero attached hydrogens (tertiary/aromatic N) is 7. The van der Waals surface area contributed by atoms with Gasteiger partial charge >= 0.3 is 6.01 Å². The van der Waals surface area contributed by atoms with Crippen molar-refractivity contribution in [2.45, 2.75) is 50.7 Å². The lowest BCUT2D eigenvalue weighted by molar-refractivity contribution is -0.123. The van der Waals surface area contributed by atoms with Gasteiger partial charge in [0, 0.05) is 19.6 Å². The van der Waals surface area contributed by atoms with Crippen LogP contribution in [0.1, 0.15) is 43.4 Å². The molecule has 0 unspecified atom stereocenters. The summed E-state index contributed by atoms with van der Waals surface area (Å²) >= 11 is 0. The van der Waals surface area contributed by atoms with E-state index >= 15 is 0 Å². The number of hydrogen-bond acceptors (Lipinski definition) is 9. The predicted octanol–water partition coefficient (Wildman–Crippen LogP) is 2.13. The summed E-state index contributed by atoms with van der Waals surface area (Å²) in [5, 5.41) is 18.3. The van der Waals surface area contributed by atoms with E-state index in [1.807, 2.05) is 4.90 Å². The first-order valence-corrected chi connectivity index (χ1v) is 12.0. The zero-order valence-electron chi connectivity index (χ0n) is 19.9. The van der Waals surface area contributed by atoms with E-state index in [0.717, 1.165) is 32.4 Å². The molecule has 2 aromatic rings. The Kier molecular flexibility index (Phi) is 6.13. The Hall–Kier alpha value is -3.55. The number of carbonyl (C=O) groups excluding carboxylic acids is 1. The quantitative estimate of drug-likeness (QED) is 0.670. The van der Waals surface area contributed by atoms with E-state index < -0.39 is 5.54 Å². The van der Waals surface area contributed by atoms with Crippen LogP contribution in [-0.2, 0) is 4.79 Å². The Bertz CT molecular complexity index is 1160. The second kappa shape index (κ2) is 9.24. The summed E-state index contributed by atoms with van der Waals surface area (Å²) in [5.41, 5.74) is 1.63. The molecular formula is C25H29N7O3. The number of aromatic nitrogens is 3. The molecule has 4 heterocycles. The van der Waals surface area contributed by atoms with Gasteiger partial charge in [0.15, 0.2) is 0 Å². The van der Waals surface area contributed by atoms with E-state index in [4.69, 9.17) is 9.84 Å². The van der Waals surface area contributed by atoms with Gasteiger partial charge in [-0.2, -0.15) is 5.26 Å². The molecule has 35 heavy (non-hydrogen) atoms. The highest BCUT2D eigenvalue weighted by atomic mass is 16.5. The summed E-state index contributed by atoms with van der Waals surface area (Å²) < 4.78 is 6.00. The molecule has 1 saturated carbocycles. The summed E-state index contributed by atoms with van der Waals surface area (Å²) in [4.78, 5) is 32.5. The predicted molar refractivity (Wildman–Crippen MR) is 129 cm³/mol. The number of carbonyl (C=O) groups is 1. The summed E-state index contributed by atoms with van der Waals surface area (Å²) in [6.07, 6.45) is 9.07. The van der Waals surface area contributed by atoms with Crippen molar-refractivity contribution in [3.05, 3.63) is 48.3 Å². The normalized spacial score (nSPS) is 20.3. The van der Waals surface area contributed by atoms with Crippen LogP contribution < -0.4 is 14.5 Å². The first-order chi connectivity index (χ1) is 17.0. The molecule has 1 spiro atoms. The van der Waals surface area contributed by atoms with Gasteiger partial charge in [0.25, 0.3) is 5.91 Å². The molecule has 0 radical (unpaired) electrons. The summed E-state index contributed by atoms with van der Waals surface area (Å²) in [6.45, 7) is 8.65. The maximum Gasteiger partial charge on any atom is 0.316 e. The van der Waals surface area contributed by atoms with Crippen LogP contribution in [0.3, 0.4) is 0 Å². The fraction of sp³-hybridized carbons (Fsp3) is 0.480. The molecule has 1 N–H and O–H groups in total. The van der Waals surface area contributed by atoms with Crippen LogP contribution in [0.5, 0.6) is 6.01 Å². The molecule has 0 bridgehead atoms. The van der Waals surface area contributed by atoms with E-state index in [0.29, 0.717) is 53.8 Å². The number of nitriles is 1. The first-order valence-electron chi connectivity index (χ1n) is 12.0. The maximum atomic E-state index is 13.6. The summed E-state index contributed by atoms with van der Waals surface area (Å²) in [6, 6.07) is 4.17. The molecule has 2 saturated heterocycles. The van der Waals surface area contributed by atoms with Crippen LogP contribution in [0.4, 0.5) is 11.4 Å². The molecular weight excluding hydrogens is 446 g/mol. The van der Waals surface area contributed by atoms with Crippen molar-refractivity contribution in [1.29, 1.82) is 5.26 Å². The number of piperidine rings is 1. The van der Waals surface area contributed by atoms with Crippen molar-refractivity contribution in [3.8, 4) is 12.1 Å². The molecule has 3 aliphatic rings. The highest BCUT2D eigenvalue weighted by Gasteiger charge is 2.59. The molecule has 0 aromatic carbocycles. The average Bonchev–Trinajstić information content (AvgIpc) is 3.07. The molecule has 182 valence electrons. The van der Waals surface area contributed by atoms with Crippen molar-refractivity contribution in [3.63, 3.8) is 0 Å². The highest BCUT2D eigenvalue weighted by Crippen LogP contribution is 2.50. The van der Waals surface area contributed by atoms with Crippen molar-refractivity contribution < 1.29 is 14.6 Å². The van der Waals surface area contributed by atoms with Crippen molar-refractivity contribution in [1.82, 2.24) is 19.9 Å². The Morgan fingerprint density at radius 3 is 2.46 bits per heavy atom. The third kappa shape index (κ3) is 4.00. The molecule has 0 atom stereocenters. The van der Waals surface area contributed by atoms with Crippen LogP contribution in [0.15, 0.2) is 37.1 Å². The largest absolute Gasteiger partial charge is 0.460 e. The van der Waals surface area contributed by atoms with Crippen molar-refractivity contribution in [2.24, 2.45) is 0 Å². The number of pyridine rings is 1. The minimum Gasteiger partial charge on any atom is -0.460 e. The minimum absolute atomic E-state index is 0.0414. The second-order valence-electron chi connectivity index (χ2n) is 9.35. The van der Waals surface area contributed by atoms with E-state index in [1.54, 1.807) is 36.5 Å². The number of aliphatic hydroxyl groups is 1. The van der Waals surface area contributed by atoms with Crippen LogP contribution >= 0.6 is 0 Å². The van der Waals surface area contributed by atoms with Gasteiger partial charge in [-0.1, -0.05) is 6.58 Å². The monoisotopic (exact) mass is 475 g/mol. The lowest BCUT2D eigenvalue weighted by Crippen LogP contribution is -2.54. The van der Waals surface area contributed by atoms with E-state index in [-0.39, 0.29) is 18.6 Å². The zero-order valence-corrected chi connectivity index (χ0v) is 19.9. The molecule has 1 amide bonds. The number of amides is 1. The Morgan fingerprint density at radius 2 is 1.89 bits per heavy atom. The number of aryl methyl sites for hydroxylation is 1. The van der Waals surface area contributed by atoms with Crippen molar-refractivity contribution >= 4 is 17.3 Å². The highest BCUT2D eigenvalue weighted by molar-refractivity contribution is 6.10. The number of aliphatic hydroxyl groups excluding tert-OH is 1. The Labute approximate surface area is 204 Å². The smallest absolute Gasteiger partial charge is 0.316 e. The van der Waals surface area contributed by atoms with Gasteiger partial charge < -0.3 is 19.6 Å². The van der Waals surface area contributed by atoms with E-state index in [2.05, 4.69) is 32.5 Å². The summed E-state index contributed by atoms with van der Waals surface area (Å²) in [7, 11) is 0. The van der Waals surface area contributed by atoms with Gasteiger partial charge in [-0.25, -0.2) is 15.0 Å².